The number of fused-ring (bicyclic) bond motifs is 1. The van der Waals surface area contributed by atoms with Crippen LogP contribution in [0.15, 0.2) is 70.5 Å². The zero-order chi connectivity index (χ0) is 21.2. The average molecular weight is 428 g/mol. The molecule has 0 saturated carbocycles. The van der Waals surface area contributed by atoms with Crippen molar-refractivity contribution in [1.29, 1.82) is 0 Å². The molecule has 0 radical (unpaired) electrons. The third-order valence-corrected chi connectivity index (χ3v) is 6.23. The molecule has 1 aromatic heterocycles. The number of aromatic nitrogens is 1. The van der Waals surface area contributed by atoms with E-state index in [1.165, 1.54) is 12.1 Å². The van der Waals surface area contributed by atoms with Gasteiger partial charge in [0.15, 0.2) is 6.20 Å². The van der Waals surface area contributed by atoms with E-state index in [9.17, 15) is 18.1 Å². The van der Waals surface area contributed by atoms with Gasteiger partial charge in [-0.3, -0.25) is 0 Å². The summed E-state index contributed by atoms with van der Waals surface area (Å²) < 4.78 is 33.3. The van der Waals surface area contributed by atoms with Crippen molar-refractivity contribution in [2.24, 2.45) is 0 Å². The fraction of sp³-hybridized carbons (Fsp3) is 0.136. The molecule has 0 saturated heterocycles. The van der Waals surface area contributed by atoms with E-state index in [0.29, 0.717) is 5.75 Å². The molecule has 7 heteroatoms. The van der Waals surface area contributed by atoms with Crippen molar-refractivity contribution < 1.29 is 22.6 Å². The molecule has 0 aliphatic rings. The van der Waals surface area contributed by atoms with E-state index in [0.717, 1.165) is 33.2 Å². The van der Waals surface area contributed by atoms with Crippen LogP contribution in [0.2, 0.25) is 0 Å². The molecule has 4 rings (SSSR count). The highest BCUT2D eigenvalue weighted by Crippen LogP contribution is 2.34. The lowest BCUT2D eigenvalue weighted by molar-refractivity contribution is -0.589. The van der Waals surface area contributed by atoms with Crippen LogP contribution in [0.3, 0.4) is 0 Å². The number of aromatic hydroxyl groups is 1. The first-order chi connectivity index (χ1) is 13.7. The Bertz CT molecular complexity index is 1250. The summed E-state index contributed by atoms with van der Waals surface area (Å²) in [6, 6.07) is 13.8. The molecule has 0 unspecified atom stereocenters. The van der Waals surface area contributed by atoms with Crippen LogP contribution in [0, 0.1) is 20.8 Å². The predicted molar refractivity (Wildman–Crippen MR) is 114 cm³/mol. The topological polar surface area (TPSA) is 81.3 Å². The van der Waals surface area contributed by atoms with Gasteiger partial charge in [-0.05, 0) is 39.0 Å². The Morgan fingerprint density at radius 1 is 0.931 bits per heavy atom. The second-order valence-corrected chi connectivity index (χ2v) is 8.83. The zero-order valence-electron chi connectivity index (χ0n) is 16.3. The highest BCUT2D eigenvalue weighted by atomic mass is 32.2. The van der Waals surface area contributed by atoms with Crippen molar-refractivity contribution in [3.63, 3.8) is 0 Å². The van der Waals surface area contributed by atoms with Crippen LogP contribution >= 0.6 is 11.3 Å². The molecule has 150 valence electrons. The van der Waals surface area contributed by atoms with Crippen LogP contribution in [0.1, 0.15) is 16.7 Å². The van der Waals surface area contributed by atoms with E-state index < -0.39 is 10.1 Å². The Hall–Kier alpha value is -2.74. The summed E-state index contributed by atoms with van der Waals surface area (Å²) in [5.41, 5.74) is 6.22. The Morgan fingerprint density at radius 3 is 2.10 bits per heavy atom. The molecule has 0 bridgehead atoms. The van der Waals surface area contributed by atoms with E-state index in [-0.39, 0.29) is 4.90 Å². The van der Waals surface area contributed by atoms with E-state index >= 15 is 0 Å². The lowest BCUT2D eigenvalue weighted by atomic mass is 9.98. The Labute approximate surface area is 174 Å². The van der Waals surface area contributed by atoms with Crippen LogP contribution < -0.4 is 4.57 Å². The van der Waals surface area contributed by atoms with E-state index in [1.807, 2.05) is 32.0 Å². The SMILES string of the molecule is Cc1c(C)c(-[n+]2ccsc2)c2ccccc2c1O.Cc1ccc(S(=O)(=O)[O-])cc1. The van der Waals surface area contributed by atoms with Gasteiger partial charge in [-0.15, -0.1) is 0 Å². The lowest BCUT2D eigenvalue weighted by Crippen LogP contribution is -2.28. The number of benzene rings is 3. The molecule has 0 aliphatic heterocycles. The quantitative estimate of drug-likeness (QED) is 0.380. The molecule has 29 heavy (non-hydrogen) atoms. The minimum absolute atomic E-state index is 0.178. The molecule has 1 heterocycles. The maximum Gasteiger partial charge on any atom is 0.230 e. The Morgan fingerprint density at radius 2 is 1.55 bits per heavy atom. The molecular weight excluding hydrogens is 406 g/mol. The predicted octanol–water partition coefficient (Wildman–Crippen LogP) is 4.40. The van der Waals surface area contributed by atoms with Crippen molar-refractivity contribution in [2.75, 3.05) is 0 Å². The minimum Gasteiger partial charge on any atom is -0.744 e. The van der Waals surface area contributed by atoms with Crippen LogP contribution in [0.25, 0.3) is 16.5 Å². The van der Waals surface area contributed by atoms with Crippen molar-refractivity contribution >= 4 is 32.2 Å². The maximum atomic E-state index is 10.4. The fourth-order valence-corrected chi connectivity index (χ4v) is 4.10. The third-order valence-electron chi connectivity index (χ3n) is 4.75. The summed E-state index contributed by atoms with van der Waals surface area (Å²) in [5.74, 6) is 0.391. The van der Waals surface area contributed by atoms with Gasteiger partial charge < -0.3 is 9.66 Å². The van der Waals surface area contributed by atoms with Crippen molar-refractivity contribution in [3.8, 4) is 11.4 Å². The normalized spacial score (nSPS) is 11.2. The lowest BCUT2D eigenvalue weighted by Gasteiger charge is -2.10. The molecule has 1 N–H and O–H groups in total. The second-order valence-electron chi connectivity index (χ2n) is 6.69. The molecule has 0 spiro atoms. The Balaban J connectivity index is 0.000000188. The van der Waals surface area contributed by atoms with Gasteiger partial charge in [-0.25, -0.2) is 8.42 Å². The number of rotatable bonds is 2. The van der Waals surface area contributed by atoms with Crippen LogP contribution in [-0.2, 0) is 10.1 Å². The maximum absolute atomic E-state index is 10.4. The van der Waals surface area contributed by atoms with Gasteiger partial charge in [0.05, 0.1) is 15.7 Å². The number of phenols is 1. The summed E-state index contributed by atoms with van der Waals surface area (Å²) >= 11 is 1.66. The number of hydrogen-bond donors (Lipinski definition) is 1. The smallest absolute Gasteiger partial charge is 0.230 e. The van der Waals surface area contributed by atoms with E-state index in [4.69, 9.17) is 0 Å². The average Bonchev–Trinajstić information content (AvgIpc) is 3.21. The molecule has 0 atom stereocenters. The van der Waals surface area contributed by atoms with Gasteiger partial charge in [-0.2, -0.15) is 4.57 Å². The molecule has 4 aromatic rings. The van der Waals surface area contributed by atoms with Gasteiger partial charge in [0, 0.05) is 16.5 Å². The molecule has 3 aromatic carbocycles. The first kappa shape index (κ1) is 21.0. The van der Waals surface area contributed by atoms with Crippen LogP contribution in [0.4, 0.5) is 0 Å². The number of thiazole rings is 1. The van der Waals surface area contributed by atoms with Gasteiger partial charge >= 0.3 is 0 Å². The van der Waals surface area contributed by atoms with Gasteiger partial charge in [0.1, 0.15) is 15.9 Å². The molecule has 5 nitrogen and oxygen atoms in total. The molecular formula is C22H21NO4S2. The van der Waals surface area contributed by atoms with Gasteiger partial charge in [0.2, 0.25) is 11.2 Å². The minimum atomic E-state index is -4.27. The highest BCUT2D eigenvalue weighted by Gasteiger charge is 2.20. The number of nitrogens with zero attached hydrogens (tertiary/aromatic N) is 1. The standard InChI is InChI=1S/C15H13NOS.C7H8O3S/c1-10-11(2)15(17)13-6-4-3-5-12(13)14(10)16-7-8-18-9-16;1-6-2-4-7(5-3-6)11(8,9)10/h3-9H,1-2H3;2-5H,1H3,(H,8,9,10). The summed E-state index contributed by atoms with van der Waals surface area (Å²) in [6.45, 7) is 5.84. The molecule has 0 fully saturated rings. The summed E-state index contributed by atoms with van der Waals surface area (Å²) in [7, 11) is -4.27. The molecule has 0 aliphatic carbocycles. The summed E-state index contributed by atoms with van der Waals surface area (Å²) in [6.07, 6.45) is 2.05. The summed E-state index contributed by atoms with van der Waals surface area (Å²) in [5, 5.41) is 14.3. The van der Waals surface area contributed by atoms with Gasteiger partial charge in [0.25, 0.3) is 0 Å². The number of phenolic OH excluding ortho intramolecular Hbond substituents is 1. The number of aryl methyl sites for hydroxylation is 1. The van der Waals surface area contributed by atoms with Crippen molar-refractivity contribution in [3.05, 3.63) is 82.3 Å². The molecule has 0 amide bonds. The monoisotopic (exact) mass is 427 g/mol. The Kier molecular flexibility index (Phi) is 6.02. The van der Waals surface area contributed by atoms with Gasteiger partial charge in [-0.1, -0.05) is 47.2 Å². The zero-order valence-corrected chi connectivity index (χ0v) is 17.9. The first-order valence-corrected chi connectivity index (χ1v) is 11.2. The van der Waals surface area contributed by atoms with Crippen molar-refractivity contribution in [1.82, 2.24) is 0 Å². The fourth-order valence-electron chi connectivity index (χ4n) is 3.06. The van der Waals surface area contributed by atoms with Crippen LogP contribution in [-0.4, -0.2) is 18.1 Å². The van der Waals surface area contributed by atoms with Crippen molar-refractivity contribution in [2.45, 2.75) is 25.7 Å². The first-order valence-electron chi connectivity index (χ1n) is 8.87. The second kappa shape index (κ2) is 8.32. The van der Waals surface area contributed by atoms with Crippen LogP contribution in [0.5, 0.6) is 5.75 Å². The highest BCUT2D eigenvalue weighted by molar-refractivity contribution is 7.85. The third kappa shape index (κ3) is 4.48. The van der Waals surface area contributed by atoms with E-state index in [2.05, 4.69) is 34.6 Å². The largest absolute Gasteiger partial charge is 0.744 e. The van der Waals surface area contributed by atoms with E-state index in [1.54, 1.807) is 23.5 Å². The summed E-state index contributed by atoms with van der Waals surface area (Å²) in [4.78, 5) is -0.178. The number of hydrogen-bond acceptors (Lipinski definition) is 5.